The Bertz CT molecular complexity index is 1980. The van der Waals surface area contributed by atoms with Crippen molar-refractivity contribution >= 4 is 21.3 Å². The van der Waals surface area contributed by atoms with E-state index in [0.29, 0.717) is 22.9 Å². The van der Waals surface area contributed by atoms with Crippen LogP contribution in [0.4, 0.5) is 24.7 Å². The number of anilines is 2. The largest absolute Gasteiger partial charge is 0.497 e. The summed E-state index contributed by atoms with van der Waals surface area (Å²) in [4.78, 5) is 9.71. The molecule has 1 aliphatic heterocycles. The topological polar surface area (TPSA) is 76.9 Å². The van der Waals surface area contributed by atoms with Gasteiger partial charge < -0.3 is 5.32 Å². The molecule has 10 heteroatoms. The van der Waals surface area contributed by atoms with Crippen molar-refractivity contribution in [3.63, 3.8) is 0 Å². The molecule has 0 radical (unpaired) electrons. The van der Waals surface area contributed by atoms with Crippen LogP contribution in [0.5, 0.6) is 0 Å². The van der Waals surface area contributed by atoms with Crippen LogP contribution in [0.1, 0.15) is 37.3 Å². The fourth-order valence-electron chi connectivity index (χ4n) is 6.03. The number of nitrogens with zero attached hydrogens (tertiary/aromatic N) is 3. The minimum absolute atomic E-state index is 0.0290. The lowest BCUT2D eigenvalue weighted by Gasteiger charge is -2.39. The van der Waals surface area contributed by atoms with E-state index in [-0.39, 0.29) is 11.0 Å². The number of hydrogen-bond acceptors (Lipinski definition) is 5. The molecule has 3 aromatic carbocycles. The van der Waals surface area contributed by atoms with Crippen molar-refractivity contribution in [2.24, 2.45) is 0 Å². The maximum atomic E-state index is 13.2. The molecule has 0 saturated heterocycles. The first-order chi connectivity index (χ1) is 20.5. The van der Waals surface area contributed by atoms with E-state index in [1.807, 2.05) is 41.0 Å². The third-order valence-corrected chi connectivity index (χ3v) is 9.97. The average Bonchev–Trinajstić information content (AvgIpc) is 3.30. The van der Waals surface area contributed by atoms with Gasteiger partial charge in [0.25, 0.3) is 9.84 Å². The van der Waals surface area contributed by atoms with Gasteiger partial charge in [0.2, 0.25) is 0 Å². The Kier molecular flexibility index (Phi) is 6.25. The van der Waals surface area contributed by atoms with Gasteiger partial charge in [-0.05, 0) is 59.7 Å². The van der Waals surface area contributed by atoms with E-state index in [4.69, 9.17) is 4.98 Å². The Hall–Kier alpha value is -4.44. The molecule has 0 bridgehead atoms. The molecule has 0 atom stereocenters. The molecule has 0 unspecified atom stereocenters. The normalized spacial score (nSPS) is 15.3. The molecule has 0 spiro atoms. The van der Waals surface area contributed by atoms with E-state index in [1.165, 1.54) is 24.1 Å². The van der Waals surface area contributed by atoms with Crippen LogP contribution in [0.2, 0.25) is 0 Å². The molecule has 1 N–H and O–H groups in total. The number of fused-ring (bicyclic) bond motifs is 5. The van der Waals surface area contributed by atoms with Crippen molar-refractivity contribution in [1.82, 2.24) is 14.5 Å². The first-order valence-electron chi connectivity index (χ1n) is 14.0. The summed E-state index contributed by atoms with van der Waals surface area (Å²) in [6, 6.07) is 26.1. The molecular formula is C33H27F3N4O2S. The molecule has 6 nitrogen and oxygen atoms in total. The number of pyridine rings is 1. The Labute approximate surface area is 247 Å². The highest BCUT2D eigenvalue weighted by atomic mass is 32.2. The third kappa shape index (κ3) is 4.60. The number of imidazole rings is 1. The monoisotopic (exact) mass is 600 g/mol. The fraction of sp³-hybridized carbons (Fsp3) is 0.212. The first kappa shape index (κ1) is 27.4. The smallest absolute Gasteiger partial charge is 0.338 e. The number of sulfone groups is 1. The first-order valence-corrected chi connectivity index (χ1v) is 15.6. The van der Waals surface area contributed by atoms with Crippen LogP contribution in [0, 0.1) is 0 Å². The lowest BCUT2D eigenvalue weighted by Crippen LogP contribution is -2.30. The quantitative estimate of drug-likeness (QED) is 0.216. The maximum absolute atomic E-state index is 13.2. The number of benzene rings is 3. The maximum Gasteiger partial charge on any atom is 0.497 e. The molecular weight excluding hydrogens is 573 g/mol. The molecule has 218 valence electrons. The van der Waals surface area contributed by atoms with E-state index < -0.39 is 21.1 Å². The highest BCUT2D eigenvalue weighted by Gasteiger charge is 2.45. The van der Waals surface area contributed by atoms with Gasteiger partial charge in [-0.15, -0.1) is 0 Å². The Morgan fingerprint density at radius 1 is 0.930 bits per heavy atom. The zero-order valence-corrected chi connectivity index (χ0v) is 24.0. The summed E-state index contributed by atoms with van der Waals surface area (Å²) in [6.45, 7) is 2.27. The van der Waals surface area contributed by atoms with Crippen LogP contribution in [0.15, 0.2) is 91.1 Å². The van der Waals surface area contributed by atoms with Gasteiger partial charge in [0.05, 0.1) is 28.5 Å². The molecule has 43 heavy (non-hydrogen) atoms. The predicted octanol–water partition coefficient (Wildman–Crippen LogP) is 8.20. The van der Waals surface area contributed by atoms with Gasteiger partial charge in [-0.25, -0.2) is 18.4 Å². The summed E-state index contributed by atoms with van der Waals surface area (Å²) in [5, 5.41) is 3.42. The Morgan fingerprint density at radius 2 is 1.70 bits per heavy atom. The zero-order valence-electron chi connectivity index (χ0n) is 23.2. The predicted molar refractivity (Wildman–Crippen MR) is 161 cm³/mol. The number of hydrogen-bond donors (Lipinski definition) is 1. The Balaban J connectivity index is 1.47. The van der Waals surface area contributed by atoms with Gasteiger partial charge in [-0.2, -0.15) is 13.2 Å². The van der Waals surface area contributed by atoms with Gasteiger partial charge >= 0.3 is 5.51 Å². The molecule has 0 amide bonds. The Morgan fingerprint density at radius 3 is 2.42 bits per heavy atom. The molecule has 2 aromatic heterocycles. The van der Waals surface area contributed by atoms with E-state index in [0.717, 1.165) is 41.0 Å². The summed E-state index contributed by atoms with van der Waals surface area (Å²) >= 11 is 0. The zero-order chi connectivity index (χ0) is 30.0. The minimum Gasteiger partial charge on any atom is -0.338 e. The third-order valence-electron chi connectivity index (χ3n) is 8.55. The number of aromatic nitrogens is 3. The highest BCUT2D eigenvalue weighted by molar-refractivity contribution is 7.91. The van der Waals surface area contributed by atoms with Crippen molar-refractivity contribution < 1.29 is 21.6 Å². The number of alkyl halides is 3. The second-order valence-corrected chi connectivity index (χ2v) is 13.4. The van der Waals surface area contributed by atoms with Gasteiger partial charge in [-0.3, -0.25) is 4.57 Å². The van der Waals surface area contributed by atoms with Crippen LogP contribution >= 0.6 is 0 Å². The number of rotatable bonds is 5. The number of para-hydroxylation sites is 1. The van der Waals surface area contributed by atoms with Crippen LogP contribution in [0.25, 0.3) is 39.6 Å². The van der Waals surface area contributed by atoms with Crippen LogP contribution in [0.3, 0.4) is 0 Å². The van der Waals surface area contributed by atoms with Crippen molar-refractivity contribution in [3.05, 3.63) is 102 Å². The van der Waals surface area contributed by atoms with E-state index >= 15 is 0 Å². The van der Waals surface area contributed by atoms with Crippen LogP contribution in [-0.2, 0) is 21.0 Å². The van der Waals surface area contributed by atoms with Crippen molar-refractivity contribution in [2.75, 3.05) is 5.32 Å². The highest BCUT2D eigenvalue weighted by Crippen LogP contribution is 2.46. The van der Waals surface area contributed by atoms with Crippen LogP contribution < -0.4 is 5.32 Å². The lowest BCUT2D eigenvalue weighted by molar-refractivity contribution is -0.0437. The molecule has 7 rings (SSSR count). The van der Waals surface area contributed by atoms with Crippen LogP contribution in [-0.4, -0.2) is 28.5 Å². The molecule has 5 aromatic rings. The number of nitrogens with one attached hydrogen (secondary N) is 1. The van der Waals surface area contributed by atoms with Crippen molar-refractivity contribution in [1.29, 1.82) is 0 Å². The molecule has 2 aliphatic rings. The summed E-state index contributed by atoms with van der Waals surface area (Å²) in [6.07, 6.45) is 5.17. The van der Waals surface area contributed by atoms with Gasteiger partial charge in [0, 0.05) is 22.9 Å². The molecule has 3 heterocycles. The summed E-state index contributed by atoms with van der Waals surface area (Å²) < 4.78 is 65.8. The second-order valence-electron chi connectivity index (χ2n) is 11.4. The van der Waals surface area contributed by atoms with Crippen molar-refractivity contribution in [2.45, 2.75) is 42.9 Å². The molecule has 1 saturated carbocycles. The van der Waals surface area contributed by atoms with Gasteiger partial charge in [0.15, 0.2) is 5.82 Å². The molecule has 1 fully saturated rings. The molecule has 1 aliphatic carbocycles. The SMILES string of the molecule is CC1(c2ccc(-c3c(-c4cccc(CS(=O)(=O)C(F)(F)F)c4)nc4n3-c3cccnc3Nc3ccccc3-4)cc2)CCC1. The van der Waals surface area contributed by atoms with Gasteiger partial charge in [-0.1, -0.05) is 67.9 Å². The summed E-state index contributed by atoms with van der Waals surface area (Å²) in [5.74, 6) is 0.103. The minimum atomic E-state index is -5.36. The van der Waals surface area contributed by atoms with E-state index in [9.17, 15) is 21.6 Å². The summed E-state index contributed by atoms with van der Waals surface area (Å²) in [7, 11) is -5.36. The summed E-state index contributed by atoms with van der Waals surface area (Å²) in [5.41, 5.74) is 1.10. The standard InChI is InChI=1S/C33H27F3N4O2S/c1-32(16-6-17-32)24-14-12-22(13-15-24)29-28(23-8-4-7-21(19-23)20-43(41,42)33(34,35)36)39-31-25-9-2-3-10-26(25)38-30-27(40(29)31)11-5-18-37-30/h2-5,7-15,18-19H,6,16-17,20H2,1H3,(H,37,38). The fourth-order valence-corrected chi connectivity index (χ4v) is 6.81. The second kappa shape index (κ2) is 9.80. The lowest BCUT2D eigenvalue weighted by atomic mass is 9.66. The number of halogens is 3. The van der Waals surface area contributed by atoms with Gasteiger partial charge in [0.1, 0.15) is 5.82 Å². The van der Waals surface area contributed by atoms with Crippen molar-refractivity contribution in [3.8, 4) is 39.6 Å². The van der Waals surface area contributed by atoms with E-state index in [1.54, 1.807) is 18.3 Å². The average molecular weight is 601 g/mol. The van der Waals surface area contributed by atoms with E-state index in [2.05, 4.69) is 41.5 Å².